The zero-order chi connectivity index (χ0) is 13.2. The lowest BCUT2D eigenvalue weighted by Crippen LogP contribution is -1.83. The number of rotatable bonds is 2. The van der Waals surface area contributed by atoms with Gasteiger partial charge in [0.1, 0.15) is 5.01 Å². The van der Waals surface area contributed by atoms with Crippen molar-refractivity contribution < 1.29 is 0 Å². The number of hydrogen-bond donors (Lipinski definition) is 0. The van der Waals surface area contributed by atoms with E-state index in [0.29, 0.717) is 0 Å². The Hall–Kier alpha value is -1.04. The van der Waals surface area contributed by atoms with Gasteiger partial charge < -0.3 is 0 Å². The summed E-state index contributed by atoms with van der Waals surface area (Å²) < 4.78 is 2.02. The van der Waals surface area contributed by atoms with Gasteiger partial charge in [0.25, 0.3) is 0 Å². The molecule has 0 aliphatic heterocycles. The highest BCUT2D eigenvalue weighted by molar-refractivity contribution is 9.10. The summed E-state index contributed by atoms with van der Waals surface area (Å²) in [5.74, 6) is 0. The van der Waals surface area contributed by atoms with Crippen molar-refractivity contribution in [2.75, 3.05) is 0 Å². The van der Waals surface area contributed by atoms with Crippen molar-refractivity contribution in [3.05, 3.63) is 56.9 Å². The van der Waals surface area contributed by atoms with E-state index in [-0.39, 0.29) is 0 Å². The third-order valence-electron chi connectivity index (χ3n) is 2.60. The van der Waals surface area contributed by atoms with Crippen LogP contribution in [0.2, 0.25) is 0 Å². The summed E-state index contributed by atoms with van der Waals surface area (Å²) in [4.78, 5) is 9.02. The minimum atomic E-state index is 0.895. The zero-order valence-electron chi connectivity index (χ0n) is 9.68. The van der Waals surface area contributed by atoms with Crippen LogP contribution in [0.4, 0.5) is 0 Å². The van der Waals surface area contributed by atoms with Gasteiger partial charge in [-0.15, -0.1) is 11.3 Å². The van der Waals surface area contributed by atoms with Crippen molar-refractivity contribution >= 4 is 43.2 Å². The van der Waals surface area contributed by atoms with Crippen LogP contribution in [0.15, 0.2) is 56.9 Å². The largest absolute Gasteiger partial charge is 0.253 e. The number of thiazole rings is 1. The Bertz CT molecular complexity index is 707. The zero-order valence-corrected chi connectivity index (χ0v) is 13.7. The van der Waals surface area contributed by atoms with E-state index in [1.807, 2.05) is 30.3 Å². The van der Waals surface area contributed by atoms with E-state index in [0.717, 1.165) is 30.9 Å². The molecule has 0 aliphatic carbocycles. The summed E-state index contributed by atoms with van der Waals surface area (Å²) in [6.07, 6.45) is 1.79. The SMILES string of the molecule is Brc1ccc(-c2nc(-c3ccccc3Br)cs2)nc1. The number of aromatic nitrogens is 2. The van der Waals surface area contributed by atoms with Crippen molar-refractivity contribution in [3.8, 4) is 22.0 Å². The highest BCUT2D eigenvalue weighted by atomic mass is 79.9. The summed E-state index contributed by atoms with van der Waals surface area (Å²) in [5.41, 5.74) is 2.96. The highest BCUT2D eigenvalue weighted by Gasteiger charge is 2.09. The molecule has 1 aromatic carbocycles. The third-order valence-corrected chi connectivity index (χ3v) is 4.63. The van der Waals surface area contributed by atoms with Crippen molar-refractivity contribution in [2.24, 2.45) is 0 Å². The molecule has 0 radical (unpaired) electrons. The Morgan fingerprint density at radius 3 is 2.53 bits per heavy atom. The molecule has 3 aromatic rings. The van der Waals surface area contributed by atoms with Gasteiger partial charge in [0.15, 0.2) is 0 Å². The minimum absolute atomic E-state index is 0.895. The lowest BCUT2D eigenvalue weighted by atomic mass is 10.2. The fourth-order valence-corrected chi connectivity index (χ4v) is 3.20. The Balaban J connectivity index is 2.00. The average Bonchev–Trinajstić information content (AvgIpc) is 2.89. The summed E-state index contributed by atoms with van der Waals surface area (Å²) >= 11 is 8.54. The first-order valence-corrected chi connectivity index (χ1v) is 8.03. The van der Waals surface area contributed by atoms with Crippen molar-refractivity contribution in [1.82, 2.24) is 9.97 Å². The van der Waals surface area contributed by atoms with E-state index >= 15 is 0 Å². The molecule has 0 amide bonds. The van der Waals surface area contributed by atoms with Gasteiger partial charge in [-0.3, -0.25) is 4.98 Å². The molecular formula is C14H8Br2N2S. The van der Waals surface area contributed by atoms with Crippen LogP contribution < -0.4 is 0 Å². The number of hydrogen-bond acceptors (Lipinski definition) is 3. The number of pyridine rings is 1. The molecule has 19 heavy (non-hydrogen) atoms. The van der Waals surface area contributed by atoms with Crippen LogP contribution >= 0.6 is 43.2 Å². The van der Waals surface area contributed by atoms with Crippen LogP contribution in [0.5, 0.6) is 0 Å². The topological polar surface area (TPSA) is 25.8 Å². The first-order valence-electron chi connectivity index (χ1n) is 5.56. The Kier molecular flexibility index (Phi) is 3.77. The average molecular weight is 396 g/mol. The molecule has 0 atom stereocenters. The molecular weight excluding hydrogens is 388 g/mol. The molecule has 0 spiro atoms. The van der Waals surface area contributed by atoms with Gasteiger partial charge in [-0.1, -0.05) is 34.1 Å². The van der Waals surface area contributed by atoms with Crippen LogP contribution in [0, 0.1) is 0 Å². The molecule has 0 bridgehead atoms. The van der Waals surface area contributed by atoms with Gasteiger partial charge >= 0.3 is 0 Å². The van der Waals surface area contributed by atoms with Crippen LogP contribution in [0.3, 0.4) is 0 Å². The summed E-state index contributed by atoms with van der Waals surface area (Å²) in [5, 5.41) is 2.98. The number of benzene rings is 1. The quantitative estimate of drug-likeness (QED) is 0.580. The molecule has 5 heteroatoms. The normalized spacial score (nSPS) is 10.6. The predicted octanol–water partition coefficient (Wildman–Crippen LogP) is 5.40. The maximum Gasteiger partial charge on any atom is 0.142 e. The Labute approximate surface area is 131 Å². The van der Waals surface area contributed by atoms with Gasteiger partial charge in [-0.25, -0.2) is 4.98 Å². The lowest BCUT2D eigenvalue weighted by molar-refractivity contribution is 1.28. The van der Waals surface area contributed by atoms with E-state index < -0.39 is 0 Å². The maximum absolute atomic E-state index is 4.65. The molecule has 0 saturated carbocycles. The highest BCUT2D eigenvalue weighted by Crippen LogP contribution is 2.32. The maximum atomic E-state index is 4.65. The molecule has 2 heterocycles. The van der Waals surface area contributed by atoms with Crippen LogP contribution in [-0.4, -0.2) is 9.97 Å². The Morgan fingerprint density at radius 1 is 0.947 bits per heavy atom. The molecule has 3 rings (SSSR count). The molecule has 94 valence electrons. The van der Waals surface area contributed by atoms with E-state index in [2.05, 4.69) is 53.3 Å². The van der Waals surface area contributed by atoms with Crippen molar-refractivity contribution in [2.45, 2.75) is 0 Å². The third kappa shape index (κ3) is 2.78. The van der Waals surface area contributed by atoms with Gasteiger partial charge in [-0.05, 0) is 34.1 Å². The molecule has 0 saturated heterocycles. The standard InChI is InChI=1S/C14H8Br2N2S/c15-9-5-6-12(17-7-9)14-18-13(8-19-14)10-3-1-2-4-11(10)16/h1-8H. The van der Waals surface area contributed by atoms with Crippen molar-refractivity contribution in [1.29, 1.82) is 0 Å². The lowest BCUT2D eigenvalue weighted by Gasteiger charge is -1.99. The predicted molar refractivity (Wildman–Crippen MR) is 86.2 cm³/mol. The van der Waals surface area contributed by atoms with Gasteiger partial charge in [0, 0.05) is 26.1 Å². The van der Waals surface area contributed by atoms with Crippen LogP contribution in [-0.2, 0) is 0 Å². The van der Waals surface area contributed by atoms with Crippen LogP contribution in [0.1, 0.15) is 0 Å². The fourth-order valence-electron chi connectivity index (χ4n) is 1.69. The summed E-state index contributed by atoms with van der Waals surface area (Å²) in [6, 6.07) is 12.0. The Morgan fingerprint density at radius 2 is 1.79 bits per heavy atom. The van der Waals surface area contributed by atoms with E-state index in [9.17, 15) is 0 Å². The smallest absolute Gasteiger partial charge is 0.142 e. The van der Waals surface area contributed by atoms with Crippen molar-refractivity contribution in [3.63, 3.8) is 0 Å². The van der Waals surface area contributed by atoms with Crippen LogP contribution in [0.25, 0.3) is 22.0 Å². The first-order chi connectivity index (χ1) is 9.24. The second-order valence-corrected chi connectivity index (χ2v) is 6.51. The second kappa shape index (κ2) is 5.53. The van der Waals surface area contributed by atoms with E-state index in [1.165, 1.54) is 0 Å². The summed E-state index contributed by atoms with van der Waals surface area (Å²) in [6.45, 7) is 0. The van der Waals surface area contributed by atoms with Gasteiger partial charge in [-0.2, -0.15) is 0 Å². The fraction of sp³-hybridized carbons (Fsp3) is 0. The first kappa shape index (κ1) is 13.0. The molecule has 0 aliphatic rings. The monoisotopic (exact) mass is 394 g/mol. The molecule has 0 unspecified atom stereocenters. The molecule has 0 fully saturated rings. The molecule has 0 N–H and O–H groups in total. The van der Waals surface area contributed by atoms with E-state index in [4.69, 9.17) is 0 Å². The van der Waals surface area contributed by atoms with E-state index in [1.54, 1.807) is 17.5 Å². The summed E-state index contributed by atoms with van der Waals surface area (Å²) in [7, 11) is 0. The van der Waals surface area contributed by atoms with Gasteiger partial charge in [0.2, 0.25) is 0 Å². The molecule has 2 aromatic heterocycles. The molecule has 2 nitrogen and oxygen atoms in total. The second-order valence-electron chi connectivity index (χ2n) is 3.88. The number of nitrogens with zero attached hydrogens (tertiary/aromatic N) is 2. The minimum Gasteiger partial charge on any atom is -0.253 e. The number of halogens is 2. The van der Waals surface area contributed by atoms with Gasteiger partial charge in [0.05, 0.1) is 11.4 Å².